The summed E-state index contributed by atoms with van der Waals surface area (Å²) in [7, 11) is 0. The summed E-state index contributed by atoms with van der Waals surface area (Å²) < 4.78 is 0. The lowest BCUT2D eigenvalue weighted by molar-refractivity contribution is -0.311. The summed E-state index contributed by atoms with van der Waals surface area (Å²) in [6.45, 7) is 1.76. The highest BCUT2D eigenvalue weighted by atomic mass is 32.1. The maximum Gasteiger partial charge on any atom is 0.226 e. The molecule has 0 spiro atoms. The van der Waals surface area contributed by atoms with E-state index in [1.165, 1.54) is 11.3 Å². The van der Waals surface area contributed by atoms with Crippen molar-refractivity contribution in [2.45, 2.75) is 26.2 Å². The molecule has 1 amide bonds. The molecule has 5 nitrogen and oxygen atoms in total. The van der Waals surface area contributed by atoms with Gasteiger partial charge in [-0.25, -0.2) is 4.98 Å². The number of aliphatic carboxylic acids is 1. The van der Waals surface area contributed by atoms with E-state index in [2.05, 4.69) is 10.3 Å². The number of nitrogens with one attached hydrogen (secondary N) is 1. The van der Waals surface area contributed by atoms with Crippen molar-refractivity contribution in [2.75, 3.05) is 5.32 Å². The number of carbonyl (C=O) groups excluding carboxylic acids is 2. The molecule has 0 unspecified atom stereocenters. The van der Waals surface area contributed by atoms with Gasteiger partial charge in [-0.05, 0) is 18.8 Å². The highest BCUT2D eigenvalue weighted by Crippen LogP contribution is 2.13. The van der Waals surface area contributed by atoms with Crippen LogP contribution in [0.3, 0.4) is 0 Å². The SMILES string of the molecule is CC[C@@H](CCC(=O)Nc1nccs1)C(=O)[O-]. The van der Waals surface area contributed by atoms with E-state index in [0.717, 1.165) is 0 Å². The first kappa shape index (κ1) is 12.6. The number of carboxylic acids is 1. The van der Waals surface area contributed by atoms with Crippen LogP contribution in [0.25, 0.3) is 0 Å². The van der Waals surface area contributed by atoms with E-state index < -0.39 is 11.9 Å². The average Bonchev–Trinajstić information content (AvgIpc) is 2.70. The molecule has 0 bridgehead atoms. The van der Waals surface area contributed by atoms with Gasteiger partial charge in [-0.3, -0.25) is 4.79 Å². The highest BCUT2D eigenvalue weighted by molar-refractivity contribution is 7.13. The number of thiazole rings is 1. The van der Waals surface area contributed by atoms with Crippen molar-refractivity contribution in [1.82, 2.24) is 4.98 Å². The summed E-state index contributed by atoms with van der Waals surface area (Å²) in [5, 5.41) is 15.5. The Hall–Kier alpha value is -1.43. The number of nitrogens with zero attached hydrogens (tertiary/aromatic N) is 1. The number of aromatic nitrogens is 1. The standard InChI is InChI=1S/C10H14N2O3S/c1-2-7(9(14)15)3-4-8(13)12-10-11-5-6-16-10/h5-7H,2-4H2,1H3,(H,14,15)(H,11,12,13)/p-1/t7-/m0/s1. The van der Waals surface area contributed by atoms with Gasteiger partial charge in [0.1, 0.15) is 0 Å². The van der Waals surface area contributed by atoms with Crippen LogP contribution in [-0.2, 0) is 9.59 Å². The molecule has 1 rings (SSSR count). The van der Waals surface area contributed by atoms with Crippen LogP contribution in [0.5, 0.6) is 0 Å². The number of anilines is 1. The summed E-state index contributed by atoms with van der Waals surface area (Å²) in [5.74, 6) is -1.86. The fourth-order valence-corrected chi connectivity index (χ4v) is 1.81. The van der Waals surface area contributed by atoms with Crippen LogP contribution in [-0.4, -0.2) is 16.9 Å². The lowest BCUT2D eigenvalue weighted by Gasteiger charge is -2.14. The van der Waals surface area contributed by atoms with Gasteiger partial charge in [0.25, 0.3) is 0 Å². The quantitative estimate of drug-likeness (QED) is 0.792. The molecule has 0 aliphatic rings. The molecule has 1 heterocycles. The van der Waals surface area contributed by atoms with Crippen molar-refractivity contribution in [3.8, 4) is 0 Å². The van der Waals surface area contributed by atoms with Crippen molar-refractivity contribution in [3.63, 3.8) is 0 Å². The van der Waals surface area contributed by atoms with Gasteiger partial charge < -0.3 is 15.2 Å². The molecule has 88 valence electrons. The Balaban J connectivity index is 2.32. The molecule has 0 saturated heterocycles. The first-order valence-electron chi connectivity index (χ1n) is 5.03. The largest absolute Gasteiger partial charge is 0.550 e. The van der Waals surface area contributed by atoms with Crippen LogP contribution in [0.2, 0.25) is 0 Å². The number of rotatable bonds is 6. The molecule has 0 fully saturated rings. The van der Waals surface area contributed by atoms with Gasteiger partial charge in [0, 0.05) is 24.0 Å². The second-order valence-electron chi connectivity index (χ2n) is 3.35. The van der Waals surface area contributed by atoms with Crippen molar-refractivity contribution in [1.29, 1.82) is 0 Å². The van der Waals surface area contributed by atoms with Gasteiger partial charge in [-0.1, -0.05) is 6.92 Å². The molecular weight excluding hydrogens is 228 g/mol. The minimum absolute atomic E-state index is 0.173. The molecule has 0 radical (unpaired) electrons. The molecule has 6 heteroatoms. The molecule has 0 aromatic carbocycles. The van der Waals surface area contributed by atoms with Gasteiger partial charge in [-0.2, -0.15) is 0 Å². The van der Waals surface area contributed by atoms with Crippen LogP contribution in [0.1, 0.15) is 26.2 Å². The number of carbonyl (C=O) groups is 2. The van der Waals surface area contributed by atoms with Gasteiger partial charge in [-0.15, -0.1) is 11.3 Å². The van der Waals surface area contributed by atoms with Gasteiger partial charge in [0.15, 0.2) is 5.13 Å². The lowest BCUT2D eigenvalue weighted by Crippen LogP contribution is -2.31. The highest BCUT2D eigenvalue weighted by Gasteiger charge is 2.11. The second kappa shape index (κ2) is 6.22. The first-order valence-corrected chi connectivity index (χ1v) is 5.91. The molecule has 1 N–H and O–H groups in total. The number of carboxylic acid groups (broad SMARTS) is 1. The van der Waals surface area contributed by atoms with Crippen molar-refractivity contribution in [3.05, 3.63) is 11.6 Å². The van der Waals surface area contributed by atoms with E-state index in [4.69, 9.17) is 0 Å². The third-order valence-electron chi connectivity index (χ3n) is 2.22. The van der Waals surface area contributed by atoms with Crippen LogP contribution in [0.15, 0.2) is 11.6 Å². The van der Waals surface area contributed by atoms with Crippen LogP contribution in [0.4, 0.5) is 5.13 Å². The molecule has 1 aromatic heterocycles. The Morgan fingerprint density at radius 2 is 2.38 bits per heavy atom. The summed E-state index contributed by atoms with van der Waals surface area (Å²) in [5.41, 5.74) is 0. The fourth-order valence-electron chi connectivity index (χ4n) is 1.26. The maximum atomic E-state index is 11.4. The summed E-state index contributed by atoms with van der Waals surface area (Å²) in [6, 6.07) is 0. The zero-order valence-corrected chi connectivity index (χ0v) is 9.75. The van der Waals surface area contributed by atoms with Crippen LogP contribution in [0, 0.1) is 5.92 Å². The Labute approximate surface area is 97.5 Å². The third kappa shape index (κ3) is 3.98. The van der Waals surface area contributed by atoms with Crippen LogP contribution < -0.4 is 10.4 Å². The van der Waals surface area contributed by atoms with E-state index in [-0.39, 0.29) is 12.3 Å². The minimum Gasteiger partial charge on any atom is -0.550 e. The number of hydrogen-bond donors (Lipinski definition) is 1. The maximum absolute atomic E-state index is 11.4. The topological polar surface area (TPSA) is 82.1 Å². The van der Waals surface area contributed by atoms with Crippen molar-refractivity contribution in [2.24, 2.45) is 5.92 Å². The Bertz CT molecular complexity index is 351. The normalized spacial score (nSPS) is 12.1. The first-order chi connectivity index (χ1) is 7.63. The Kier molecular flexibility index (Phi) is 4.91. The lowest BCUT2D eigenvalue weighted by atomic mass is 10.0. The van der Waals surface area contributed by atoms with E-state index in [0.29, 0.717) is 18.0 Å². The summed E-state index contributed by atoms with van der Waals surface area (Å²) in [4.78, 5) is 25.9. The zero-order chi connectivity index (χ0) is 12.0. The molecule has 1 aromatic rings. The Morgan fingerprint density at radius 3 is 2.88 bits per heavy atom. The molecule has 1 atom stereocenters. The van der Waals surface area contributed by atoms with E-state index in [9.17, 15) is 14.7 Å². The van der Waals surface area contributed by atoms with Crippen LogP contribution >= 0.6 is 11.3 Å². The zero-order valence-electron chi connectivity index (χ0n) is 8.93. The van der Waals surface area contributed by atoms with E-state index >= 15 is 0 Å². The van der Waals surface area contributed by atoms with Gasteiger partial charge >= 0.3 is 0 Å². The predicted molar refractivity (Wildman–Crippen MR) is 58.8 cm³/mol. The molecule has 0 aliphatic carbocycles. The molecule has 0 saturated carbocycles. The Morgan fingerprint density at radius 1 is 1.62 bits per heavy atom. The molecular formula is C10H13N2O3S-. The monoisotopic (exact) mass is 241 g/mol. The van der Waals surface area contributed by atoms with E-state index in [1.54, 1.807) is 18.5 Å². The van der Waals surface area contributed by atoms with Gasteiger partial charge in [0.05, 0.1) is 0 Å². The average molecular weight is 241 g/mol. The third-order valence-corrected chi connectivity index (χ3v) is 2.91. The second-order valence-corrected chi connectivity index (χ2v) is 4.24. The summed E-state index contributed by atoms with van der Waals surface area (Å²) >= 11 is 1.33. The number of hydrogen-bond acceptors (Lipinski definition) is 5. The summed E-state index contributed by atoms with van der Waals surface area (Å²) in [6.07, 6.45) is 2.55. The fraction of sp³-hybridized carbons (Fsp3) is 0.500. The van der Waals surface area contributed by atoms with E-state index in [1.807, 2.05) is 0 Å². The molecule has 16 heavy (non-hydrogen) atoms. The van der Waals surface area contributed by atoms with Crippen molar-refractivity contribution < 1.29 is 14.7 Å². The molecule has 0 aliphatic heterocycles. The minimum atomic E-state index is -1.09. The predicted octanol–water partition coefficient (Wildman–Crippen LogP) is 0.638. The smallest absolute Gasteiger partial charge is 0.226 e. The van der Waals surface area contributed by atoms with Crippen molar-refractivity contribution >= 4 is 28.3 Å². The number of amides is 1. The van der Waals surface area contributed by atoms with Gasteiger partial charge in [0.2, 0.25) is 5.91 Å².